The Labute approximate surface area is 110 Å². The average Bonchev–Trinajstić information content (AvgIpc) is 2.83. The molecule has 1 heterocycles. The van der Waals surface area contributed by atoms with Crippen LogP contribution in [0.15, 0.2) is 35.7 Å². The quantitative estimate of drug-likeness (QED) is 0.915. The molecule has 96 valence electrons. The highest BCUT2D eigenvalue weighted by molar-refractivity contribution is 7.10. The van der Waals surface area contributed by atoms with Crippen LogP contribution in [0.25, 0.3) is 0 Å². The fraction of sp³-hybridized carbons (Fsp3) is 0.286. The van der Waals surface area contributed by atoms with Crippen molar-refractivity contribution in [3.05, 3.63) is 52.0 Å². The molecule has 1 aromatic heterocycles. The summed E-state index contributed by atoms with van der Waals surface area (Å²) in [6.45, 7) is 3.62. The summed E-state index contributed by atoms with van der Waals surface area (Å²) in [5, 5.41) is 1.99. The summed E-state index contributed by atoms with van der Waals surface area (Å²) in [6.07, 6.45) is -0.199. The van der Waals surface area contributed by atoms with Gasteiger partial charge in [-0.05, 0) is 49.1 Å². The summed E-state index contributed by atoms with van der Waals surface area (Å²) in [5.41, 5.74) is 6.52. The lowest BCUT2D eigenvalue weighted by molar-refractivity contribution is 0.184. The van der Waals surface area contributed by atoms with Gasteiger partial charge in [-0.15, -0.1) is 11.3 Å². The Balaban J connectivity index is 2.21. The third kappa shape index (κ3) is 2.89. The van der Waals surface area contributed by atoms with Crippen LogP contribution in [-0.2, 0) is 0 Å². The summed E-state index contributed by atoms with van der Waals surface area (Å²) in [6, 6.07) is 8.57. The van der Waals surface area contributed by atoms with Crippen LogP contribution in [0, 0.1) is 12.7 Å². The second kappa shape index (κ2) is 5.50. The van der Waals surface area contributed by atoms with E-state index in [4.69, 9.17) is 10.5 Å². The molecule has 1 aromatic carbocycles. The zero-order chi connectivity index (χ0) is 13.1. The molecular weight excluding hydrogens is 249 g/mol. The predicted octanol–water partition coefficient (Wildman–Crippen LogP) is 3.66. The highest BCUT2D eigenvalue weighted by atomic mass is 32.1. The third-order valence-corrected chi connectivity index (χ3v) is 3.63. The van der Waals surface area contributed by atoms with Crippen molar-refractivity contribution in [2.75, 3.05) is 0 Å². The van der Waals surface area contributed by atoms with Crippen molar-refractivity contribution in [1.29, 1.82) is 0 Å². The largest absolute Gasteiger partial charge is 0.483 e. The van der Waals surface area contributed by atoms with Crippen molar-refractivity contribution in [1.82, 2.24) is 0 Å². The van der Waals surface area contributed by atoms with Gasteiger partial charge in [-0.1, -0.05) is 6.07 Å². The van der Waals surface area contributed by atoms with Crippen molar-refractivity contribution in [2.45, 2.75) is 26.0 Å². The molecule has 2 atom stereocenters. The minimum Gasteiger partial charge on any atom is -0.483 e. The molecule has 2 rings (SSSR count). The van der Waals surface area contributed by atoms with Crippen LogP contribution in [0.2, 0.25) is 0 Å². The Morgan fingerprint density at radius 2 is 2.11 bits per heavy atom. The molecule has 2 nitrogen and oxygen atoms in total. The Bertz CT molecular complexity index is 511. The van der Waals surface area contributed by atoms with Crippen LogP contribution in [0.4, 0.5) is 4.39 Å². The number of aryl methyl sites for hydroxylation is 1. The van der Waals surface area contributed by atoms with Crippen molar-refractivity contribution in [2.24, 2.45) is 5.73 Å². The molecule has 0 amide bonds. The number of hydrogen-bond donors (Lipinski definition) is 1. The Morgan fingerprint density at radius 1 is 1.33 bits per heavy atom. The summed E-state index contributed by atoms with van der Waals surface area (Å²) in [4.78, 5) is 1.08. The molecule has 18 heavy (non-hydrogen) atoms. The van der Waals surface area contributed by atoms with Crippen molar-refractivity contribution >= 4 is 11.3 Å². The van der Waals surface area contributed by atoms with E-state index in [1.807, 2.05) is 24.4 Å². The van der Waals surface area contributed by atoms with Crippen LogP contribution in [-0.4, -0.2) is 6.04 Å². The van der Waals surface area contributed by atoms with E-state index in [1.54, 1.807) is 30.4 Å². The number of hydrogen-bond acceptors (Lipinski definition) is 3. The smallest absolute Gasteiger partial charge is 0.148 e. The molecule has 4 heteroatoms. The van der Waals surface area contributed by atoms with Gasteiger partial charge in [0.05, 0.1) is 0 Å². The average molecular weight is 265 g/mol. The first-order chi connectivity index (χ1) is 8.58. The van der Waals surface area contributed by atoms with E-state index in [0.717, 1.165) is 4.88 Å². The van der Waals surface area contributed by atoms with E-state index in [0.29, 0.717) is 11.3 Å². The van der Waals surface area contributed by atoms with Gasteiger partial charge < -0.3 is 10.5 Å². The van der Waals surface area contributed by atoms with E-state index < -0.39 is 0 Å². The van der Waals surface area contributed by atoms with Crippen molar-refractivity contribution < 1.29 is 9.13 Å². The molecule has 2 unspecified atom stereocenters. The fourth-order valence-electron chi connectivity index (χ4n) is 1.71. The highest BCUT2D eigenvalue weighted by Gasteiger charge is 2.19. The SMILES string of the molecule is Cc1cc(OC(c2cccs2)C(C)N)ccc1F. The number of ether oxygens (including phenoxy) is 1. The molecule has 0 bridgehead atoms. The molecule has 0 aliphatic carbocycles. The third-order valence-electron chi connectivity index (χ3n) is 2.69. The lowest BCUT2D eigenvalue weighted by atomic mass is 10.1. The topological polar surface area (TPSA) is 35.2 Å². The van der Waals surface area contributed by atoms with Gasteiger partial charge in [0, 0.05) is 10.9 Å². The van der Waals surface area contributed by atoms with Gasteiger partial charge in [-0.3, -0.25) is 0 Å². The molecule has 2 aromatic rings. The molecule has 0 fully saturated rings. The number of rotatable bonds is 4. The van der Waals surface area contributed by atoms with E-state index in [-0.39, 0.29) is 18.0 Å². The molecule has 0 aliphatic heterocycles. The van der Waals surface area contributed by atoms with Gasteiger partial charge in [0.15, 0.2) is 0 Å². The molecule has 0 spiro atoms. The first-order valence-corrected chi connectivity index (χ1v) is 6.67. The molecule has 0 saturated heterocycles. The van der Waals surface area contributed by atoms with Crippen molar-refractivity contribution in [3.8, 4) is 5.75 Å². The maximum atomic E-state index is 13.2. The fourth-order valence-corrected chi connectivity index (χ4v) is 2.58. The van der Waals surface area contributed by atoms with Crippen LogP contribution >= 0.6 is 11.3 Å². The molecule has 0 saturated carbocycles. The highest BCUT2D eigenvalue weighted by Crippen LogP contribution is 2.28. The van der Waals surface area contributed by atoms with Gasteiger partial charge in [-0.2, -0.15) is 0 Å². The second-order valence-corrected chi connectivity index (χ2v) is 5.30. The van der Waals surface area contributed by atoms with E-state index in [1.165, 1.54) is 6.07 Å². The van der Waals surface area contributed by atoms with Crippen LogP contribution in [0.1, 0.15) is 23.5 Å². The van der Waals surface area contributed by atoms with Gasteiger partial charge in [-0.25, -0.2) is 4.39 Å². The second-order valence-electron chi connectivity index (χ2n) is 4.32. The summed E-state index contributed by atoms with van der Waals surface area (Å²) in [5.74, 6) is 0.417. The van der Waals surface area contributed by atoms with Crippen LogP contribution in [0.5, 0.6) is 5.75 Å². The number of benzene rings is 1. The maximum Gasteiger partial charge on any atom is 0.148 e. The lowest BCUT2D eigenvalue weighted by Gasteiger charge is -2.21. The maximum absolute atomic E-state index is 13.2. The minimum absolute atomic E-state index is 0.131. The first kappa shape index (κ1) is 13.1. The van der Waals surface area contributed by atoms with E-state index in [9.17, 15) is 4.39 Å². The number of nitrogens with two attached hydrogens (primary N) is 1. The Morgan fingerprint density at radius 3 is 2.67 bits per heavy atom. The summed E-state index contributed by atoms with van der Waals surface area (Å²) >= 11 is 1.61. The summed E-state index contributed by atoms with van der Waals surface area (Å²) < 4.78 is 19.1. The number of thiophene rings is 1. The van der Waals surface area contributed by atoms with E-state index in [2.05, 4.69) is 0 Å². The van der Waals surface area contributed by atoms with E-state index >= 15 is 0 Å². The number of halogens is 1. The van der Waals surface area contributed by atoms with Gasteiger partial charge in [0.25, 0.3) is 0 Å². The predicted molar refractivity (Wildman–Crippen MR) is 72.5 cm³/mol. The minimum atomic E-state index is -0.226. The first-order valence-electron chi connectivity index (χ1n) is 5.79. The molecule has 2 N–H and O–H groups in total. The lowest BCUT2D eigenvalue weighted by Crippen LogP contribution is -2.28. The zero-order valence-corrected chi connectivity index (χ0v) is 11.2. The Hall–Kier alpha value is -1.39. The Kier molecular flexibility index (Phi) is 3.99. The van der Waals surface area contributed by atoms with Crippen molar-refractivity contribution in [3.63, 3.8) is 0 Å². The van der Waals surface area contributed by atoms with Gasteiger partial charge in [0.2, 0.25) is 0 Å². The monoisotopic (exact) mass is 265 g/mol. The van der Waals surface area contributed by atoms with Gasteiger partial charge >= 0.3 is 0 Å². The molecular formula is C14H16FNOS. The van der Waals surface area contributed by atoms with Gasteiger partial charge in [0.1, 0.15) is 17.7 Å². The standard InChI is InChI=1S/C14H16FNOS/c1-9-8-11(5-6-12(9)15)17-14(10(2)16)13-4-3-7-18-13/h3-8,10,14H,16H2,1-2H3. The molecule has 0 radical (unpaired) electrons. The molecule has 0 aliphatic rings. The normalized spacial score (nSPS) is 14.2. The zero-order valence-electron chi connectivity index (χ0n) is 10.4. The van der Waals surface area contributed by atoms with Crippen LogP contribution < -0.4 is 10.5 Å². The van der Waals surface area contributed by atoms with Crippen LogP contribution in [0.3, 0.4) is 0 Å². The summed E-state index contributed by atoms with van der Waals surface area (Å²) in [7, 11) is 0.